The number of ether oxygens (including phenoxy) is 2. The van der Waals surface area contributed by atoms with Crippen molar-refractivity contribution in [3.05, 3.63) is 65.4 Å². The maximum atomic E-state index is 13.5. The number of alkyl halides is 5. The average Bonchev–Trinajstić information content (AvgIpc) is 3.69. The second-order valence-corrected chi connectivity index (χ2v) is 9.88. The van der Waals surface area contributed by atoms with Crippen LogP contribution in [-0.4, -0.2) is 59.5 Å². The smallest absolute Gasteiger partial charge is 0.435 e. The van der Waals surface area contributed by atoms with Crippen LogP contribution < -0.4 is 15.1 Å². The molecule has 0 aliphatic heterocycles. The highest BCUT2D eigenvalue weighted by atomic mass is 19.4. The van der Waals surface area contributed by atoms with Crippen LogP contribution in [0.5, 0.6) is 11.8 Å². The van der Waals surface area contributed by atoms with Crippen LogP contribution in [0.3, 0.4) is 0 Å². The monoisotopic (exact) mass is 601 g/mol. The Hall–Kier alpha value is -4.89. The van der Waals surface area contributed by atoms with E-state index in [0.29, 0.717) is 16.8 Å². The molecule has 11 nitrogen and oxygen atoms in total. The van der Waals surface area contributed by atoms with Gasteiger partial charge in [-0.2, -0.15) is 18.3 Å². The predicted molar refractivity (Wildman–Crippen MR) is 141 cm³/mol. The second-order valence-electron chi connectivity index (χ2n) is 9.88. The van der Waals surface area contributed by atoms with Gasteiger partial charge >= 0.3 is 6.18 Å². The van der Waals surface area contributed by atoms with Gasteiger partial charge in [-0.15, -0.1) is 0 Å². The van der Waals surface area contributed by atoms with Crippen molar-refractivity contribution in [3.63, 3.8) is 0 Å². The Balaban J connectivity index is 1.42. The number of methoxy groups -OCH3 is 2. The van der Waals surface area contributed by atoms with Gasteiger partial charge in [-0.1, -0.05) is 12.1 Å². The summed E-state index contributed by atoms with van der Waals surface area (Å²) in [5.74, 6) is 0.608. The Morgan fingerprint density at radius 3 is 2.40 bits per heavy atom. The van der Waals surface area contributed by atoms with Crippen molar-refractivity contribution >= 4 is 11.2 Å². The van der Waals surface area contributed by atoms with Gasteiger partial charge in [0.15, 0.2) is 17.2 Å². The van der Waals surface area contributed by atoms with E-state index in [4.69, 9.17) is 19.9 Å². The fourth-order valence-electron chi connectivity index (χ4n) is 4.88. The molecule has 1 fully saturated rings. The fraction of sp³-hybridized carbons (Fsp3) is 0.333. The van der Waals surface area contributed by atoms with E-state index in [0.717, 1.165) is 33.9 Å². The van der Waals surface area contributed by atoms with Crippen molar-refractivity contribution in [3.8, 4) is 28.8 Å². The van der Waals surface area contributed by atoms with Crippen LogP contribution in [0, 0.1) is 5.41 Å². The lowest BCUT2D eigenvalue weighted by Crippen LogP contribution is -2.27. The number of benzene rings is 1. The molecule has 1 saturated carbocycles. The molecular weight excluding hydrogens is 577 g/mol. The summed E-state index contributed by atoms with van der Waals surface area (Å²) < 4.78 is 80.8. The number of fused-ring (bicyclic) bond motifs is 1. The second kappa shape index (κ2) is 10.7. The fourth-order valence-corrected chi connectivity index (χ4v) is 4.88. The molecule has 1 aliphatic rings. The SMILES string of the molecule is COc1ncnc(C2CC2)c1-c1ncc2c(n1)n(Cc1ccc(-n3nc(C(F)(F)F)cc3OC)cc1)c(=N)n2CC(F)F. The summed E-state index contributed by atoms with van der Waals surface area (Å²) in [6.07, 6.45) is -2.71. The van der Waals surface area contributed by atoms with E-state index >= 15 is 0 Å². The summed E-state index contributed by atoms with van der Waals surface area (Å²) in [5, 5.41) is 12.3. The molecule has 43 heavy (non-hydrogen) atoms. The maximum absolute atomic E-state index is 13.5. The van der Waals surface area contributed by atoms with Crippen LogP contribution in [0.2, 0.25) is 0 Å². The Morgan fingerprint density at radius 2 is 1.77 bits per heavy atom. The molecule has 0 amide bonds. The normalized spacial score (nSPS) is 13.7. The third-order valence-corrected chi connectivity index (χ3v) is 7.05. The van der Waals surface area contributed by atoms with Crippen LogP contribution in [-0.2, 0) is 19.3 Å². The van der Waals surface area contributed by atoms with Crippen molar-refractivity contribution < 1.29 is 31.4 Å². The summed E-state index contributed by atoms with van der Waals surface area (Å²) in [5.41, 5.74) is 1.30. The molecule has 1 aromatic carbocycles. The molecule has 6 rings (SSSR count). The van der Waals surface area contributed by atoms with Crippen molar-refractivity contribution in [2.75, 3.05) is 14.2 Å². The third kappa shape index (κ3) is 5.28. The standard InChI is InChI=1S/C27H24F5N9O2/c1-42-20-9-18(27(30,31)32)38-41(20)16-7-3-14(4-8-16)11-40-24-17(39(26(40)33)12-19(28)29)10-34-23(37-24)21-22(15-5-6-15)35-13-36-25(21)43-2/h3-4,7-10,13,15,19,33H,5-6,11-12H2,1-2H3. The Morgan fingerprint density at radius 1 is 1.02 bits per heavy atom. The molecule has 224 valence electrons. The number of hydrogen-bond donors (Lipinski definition) is 1. The van der Waals surface area contributed by atoms with E-state index in [1.165, 1.54) is 31.3 Å². The minimum atomic E-state index is -4.65. The number of aromatic nitrogens is 8. The zero-order chi connectivity index (χ0) is 30.5. The Kier molecular flexibility index (Phi) is 7.06. The molecule has 1 N–H and O–H groups in total. The third-order valence-electron chi connectivity index (χ3n) is 7.05. The highest BCUT2D eigenvalue weighted by Crippen LogP contribution is 2.45. The van der Waals surface area contributed by atoms with Crippen LogP contribution in [0.15, 0.2) is 42.9 Å². The molecule has 4 heterocycles. The van der Waals surface area contributed by atoms with Crippen molar-refractivity contribution in [1.29, 1.82) is 5.41 Å². The van der Waals surface area contributed by atoms with Gasteiger partial charge in [0.2, 0.25) is 17.4 Å². The van der Waals surface area contributed by atoms with Crippen LogP contribution >= 0.6 is 0 Å². The lowest BCUT2D eigenvalue weighted by Gasteiger charge is -2.11. The molecular formula is C27H24F5N9O2. The number of hydrogen-bond acceptors (Lipinski definition) is 8. The van der Waals surface area contributed by atoms with Crippen LogP contribution in [0.1, 0.15) is 35.7 Å². The van der Waals surface area contributed by atoms with E-state index in [-0.39, 0.29) is 46.8 Å². The molecule has 0 saturated heterocycles. The lowest BCUT2D eigenvalue weighted by molar-refractivity contribution is -0.141. The topological polar surface area (TPSA) is 122 Å². The van der Waals surface area contributed by atoms with E-state index in [1.54, 1.807) is 24.3 Å². The first-order valence-electron chi connectivity index (χ1n) is 13.1. The first-order chi connectivity index (χ1) is 20.6. The summed E-state index contributed by atoms with van der Waals surface area (Å²) >= 11 is 0. The zero-order valence-electron chi connectivity index (χ0n) is 22.8. The number of nitrogens with one attached hydrogen (secondary N) is 1. The quantitative estimate of drug-likeness (QED) is 0.246. The highest BCUT2D eigenvalue weighted by Gasteiger charge is 2.35. The Bertz CT molecular complexity index is 1860. The van der Waals surface area contributed by atoms with Gasteiger partial charge in [0.1, 0.15) is 17.4 Å². The van der Waals surface area contributed by atoms with Gasteiger partial charge in [-0.05, 0) is 30.5 Å². The minimum absolute atomic E-state index is 0.0459. The van der Waals surface area contributed by atoms with Gasteiger partial charge < -0.3 is 14.0 Å². The summed E-state index contributed by atoms with van der Waals surface area (Å²) in [4.78, 5) is 17.7. The molecule has 0 radical (unpaired) electrons. The zero-order valence-corrected chi connectivity index (χ0v) is 22.8. The van der Waals surface area contributed by atoms with Gasteiger partial charge in [-0.25, -0.2) is 33.4 Å². The van der Waals surface area contributed by atoms with Crippen LogP contribution in [0.25, 0.3) is 28.2 Å². The maximum Gasteiger partial charge on any atom is 0.435 e. The molecule has 5 aromatic rings. The summed E-state index contributed by atoms with van der Waals surface area (Å²) in [6.45, 7) is -0.694. The molecule has 0 bridgehead atoms. The van der Waals surface area contributed by atoms with Gasteiger partial charge in [-0.3, -0.25) is 9.98 Å². The van der Waals surface area contributed by atoms with E-state index < -0.39 is 24.8 Å². The highest BCUT2D eigenvalue weighted by molar-refractivity contribution is 5.75. The lowest BCUT2D eigenvalue weighted by atomic mass is 10.1. The number of rotatable bonds is 9. The first-order valence-corrected chi connectivity index (χ1v) is 13.1. The predicted octanol–water partition coefficient (Wildman–Crippen LogP) is 4.58. The van der Waals surface area contributed by atoms with Crippen LogP contribution in [0.4, 0.5) is 22.0 Å². The molecule has 0 spiro atoms. The molecule has 16 heteroatoms. The number of nitrogens with zero attached hydrogens (tertiary/aromatic N) is 8. The van der Waals surface area contributed by atoms with Gasteiger partial charge in [0, 0.05) is 12.0 Å². The van der Waals surface area contributed by atoms with Crippen molar-refractivity contribution in [2.45, 2.75) is 44.5 Å². The minimum Gasteiger partial charge on any atom is -0.481 e. The van der Waals surface area contributed by atoms with E-state index in [2.05, 4.69) is 20.1 Å². The van der Waals surface area contributed by atoms with E-state index in [1.807, 2.05) is 0 Å². The Labute approximate surface area is 240 Å². The van der Waals surface area contributed by atoms with Crippen molar-refractivity contribution in [2.24, 2.45) is 0 Å². The number of imidazole rings is 1. The van der Waals surface area contributed by atoms with Gasteiger partial charge in [0.25, 0.3) is 6.43 Å². The number of halogens is 5. The van der Waals surface area contributed by atoms with Crippen molar-refractivity contribution in [1.82, 2.24) is 38.9 Å². The van der Waals surface area contributed by atoms with Gasteiger partial charge in [0.05, 0.1) is 44.9 Å². The summed E-state index contributed by atoms with van der Waals surface area (Å²) in [7, 11) is 2.71. The molecule has 1 aliphatic carbocycles. The molecule has 0 atom stereocenters. The molecule has 4 aromatic heterocycles. The average molecular weight is 602 g/mol. The first kappa shape index (κ1) is 28.2. The van der Waals surface area contributed by atoms with E-state index in [9.17, 15) is 22.0 Å². The summed E-state index contributed by atoms with van der Waals surface area (Å²) in [6, 6.07) is 7.15. The molecule has 0 unspecified atom stereocenters. The largest absolute Gasteiger partial charge is 0.481 e.